The van der Waals surface area contributed by atoms with Crippen LogP contribution in [0.1, 0.15) is 0 Å². The van der Waals surface area contributed by atoms with E-state index in [4.69, 9.17) is 4.74 Å². The molecule has 0 unspecified atom stereocenters. The van der Waals surface area contributed by atoms with Crippen molar-refractivity contribution in [1.82, 2.24) is 0 Å². The largest absolute Gasteiger partial charge is 0.522 e. The fraction of sp³-hybridized carbons (Fsp3) is 0.143. The SMILES string of the molecule is COc1cc[c-]cc1.Cl.Cl.[Zr]. The molecule has 0 amide bonds. The van der Waals surface area contributed by atoms with Gasteiger partial charge >= 0.3 is 0 Å². The van der Waals surface area contributed by atoms with E-state index in [-0.39, 0.29) is 51.0 Å². The van der Waals surface area contributed by atoms with E-state index in [0.717, 1.165) is 5.75 Å². The fourth-order valence-electron chi connectivity index (χ4n) is 0.508. The summed E-state index contributed by atoms with van der Waals surface area (Å²) in [5.74, 6) is 0.878. The summed E-state index contributed by atoms with van der Waals surface area (Å²) in [6.45, 7) is 0. The normalized spacial score (nSPS) is 6.27. The molecule has 0 aromatic heterocycles. The van der Waals surface area contributed by atoms with Crippen LogP contribution >= 0.6 is 24.8 Å². The predicted octanol–water partition coefficient (Wildman–Crippen LogP) is 2.34. The van der Waals surface area contributed by atoms with Crippen LogP contribution < -0.4 is 4.74 Å². The maximum Gasteiger partial charge on any atom is 0.0743 e. The van der Waals surface area contributed by atoms with E-state index in [1.807, 2.05) is 24.3 Å². The third-order valence-corrected chi connectivity index (χ3v) is 0.923. The van der Waals surface area contributed by atoms with Gasteiger partial charge in [0.15, 0.2) is 0 Å². The number of halogens is 2. The first-order chi connectivity index (χ1) is 3.93. The summed E-state index contributed by atoms with van der Waals surface area (Å²) in [6, 6.07) is 10.2. The topological polar surface area (TPSA) is 9.23 Å². The van der Waals surface area contributed by atoms with Gasteiger partial charge < -0.3 is 4.74 Å². The van der Waals surface area contributed by atoms with Crippen LogP contribution in [0.15, 0.2) is 24.3 Å². The fourth-order valence-corrected chi connectivity index (χ4v) is 0.508. The molecule has 0 fully saturated rings. The Morgan fingerprint density at radius 2 is 1.64 bits per heavy atom. The van der Waals surface area contributed by atoms with Gasteiger partial charge in [-0.25, -0.2) is 0 Å². The number of hydrogen-bond donors (Lipinski definition) is 0. The molecule has 62 valence electrons. The second kappa shape index (κ2) is 10.5. The minimum Gasteiger partial charge on any atom is -0.522 e. The molecule has 0 N–H and O–H groups in total. The summed E-state index contributed by atoms with van der Waals surface area (Å²) < 4.78 is 4.89. The van der Waals surface area contributed by atoms with E-state index in [1.54, 1.807) is 7.11 Å². The summed E-state index contributed by atoms with van der Waals surface area (Å²) in [7, 11) is 1.65. The Hall–Kier alpha value is 0.483. The summed E-state index contributed by atoms with van der Waals surface area (Å²) in [5, 5.41) is 0. The predicted molar refractivity (Wildman–Crippen MR) is 46.3 cm³/mol. The molecule has 0 saturated heterocycles. The summed E-state index contributed by atoms with van der Waals surface area (Å²) in [5.41, 5.74) is 0. The molecule has 1 nitrogen and oxygen atoms in total. The molecule has 0 aliphatic rings. The molecule has 0 spiro atoms. The molecule has 0 saturated carbocycles. The second-order valence-electron chi connectivity index (χ2n) is 1.44. The second-order valence-corrected chi connectivity index (χ2v) is 1.44. The Labute approximate surface area is 98.5 Å². The summed E-state index contributed by atoms with van der Waals surface area (Å²) in [6.07, 6.45) is 0. The summed E-state index contributed by atoms with van der Waals surface area (Å²) >= 11 is 0. The van der Waals surface area contributed by atoms with Crippen molar-refractivity contribution in [3.63, 3.8) is 0 Å². The summed E-state index contributed by atoms with van der Waals surface area (Å²) in [4.78, 5) is 0. The average Bonchev–Trinajstić information content (AvgIpc) is 1.90. The van der Waals surface area contributed by atoms with Crippen molar-refractivity contribution in [2.45, 2.75) is 0 Å². The van der Waals surface area contributed by atoms with Gasteiger partial charge in [-0.3, -0.25) is 0 Å². The standard InChI is InChI=1S/C7H7O.2ClH.Zr/c1-8-7-5-3-2-4-6-7;;;/h3-6H,1H3;2*1H;/q-1;;;. The Bertz CT molecular complexity index is 158. The average molecular weight is 271 g/mol. The number of rotatable bonds is 1. The van der Waals surface area contributed by atoms with Gasteiger partial charge in [-0.05, 0) is 0 Å². The van der Waals surface area contributed by atoms with Crippen molar-refractivity contribution >= 4 is 24.8 Å². The number of hydrogen-bond acceptors (Lipinski definition) is 1. The first-order valence-corrected chi connectivity index (χ1v) is 2.43. The van der Waals surface area contributed by atoms with Gasteiger partial charge in [0.05, 0.1) is 7.11 Å². The molecule has 4 heteroatoms. The van der Waals surface area contributed by atoms with Crippen molar-refractivity contribution in [3.05, 3.63) is 30.3 Å². The maximum atomic E-state index is 4.89. The zero-order chi connectivity index (χ0) is 5.82. The third-order valence-electron chi connectivity index (χ3n) is 0.923. The Morgan fingerprint density at radius 1 is 1.18 bits per heavy atom. The zero-order valence-electron chi connectivity index (χ0n) is 6.03. The van der Waals surface area contributed by atoms with E-state index in [1.165, 1.54) is 0 Å². The Balaban J connectivity index is -0.000000213. The molecule has 0 atom stereocenters. The van der Waals surface area contributed by atoms with Crippen LogP contribution in [0.4, 0.5) is 0 Å². The molecular weight excluding hydrogens is 262 g/mol. The maximum absolute atomic E-state index is 4.89. The number of ether oxygens (including phenoxy) is 1. The van der Waals surface area contributed by atoms with Gasteiger partial charge in [0.1, 0.15) is 0 Å². The van der Waals surface area contributed by atoms with Crippen molar-refractivity contribution in [1.29, 1.82) is 0 Å². The Kier molecular flexibility index (Phi) is 16.7. The van der Waals surface area contributed by atoms with E-state index >= 15 is 0 Å². The first kappa shape index (κ1) is 17.5. The van der Waals surface area contributed by atoms with Crippen LogP contribution in [0.25, 0.3) is 0 Å². The quantitative estimate of drug-likeness (QED) is 0.712. The molecule has 0 aliphatic carbocycles. The molecule has 0 aliphatic heterocycles. The zero-order valence-corrected chi connectivity index (χ0v) is 10.1. The number of benzene rings is 1. The number of methoxy groups -OCH3 is 1. The van der Waals surface area contributed by atoms with Gasteiger partial charge in [-0.15, -0.1) is 36.9 Å². The third kappa shape index (κ3) is 6.86. The molecule has 1 rings (SSSR count). The molecule has 1 aromatic carbocycles. The Morgan fingerprint density at radius 3 is 1.91 bits per heavy atom. The smallest absolute Gasteiger partial charge is 0.0743 e. The van der Waals surface area contributed by atoms with Gasteiger partial charge in [0, 0.05) is 32.0 Å². The van der Waals surface area contributed by atoms with Crippen LogP contribution in [0, 0.1) is 6.07 Å². The van der Waals surface area contributed by atoms with Crippen LogP contribution in [0.5, 0.6) is 5.75 Å². The van der Waals surface area contributed by atoms with Crippen LogP contribution in [-0.4, -0.2) is 7.11 Å². The van der Waals surface area contributed by atoms with Crippen molar-refractivity contribution in [2.75, 3.05) is 7.11 Å². The van der Waals surface area contributed by atoms with Crippen molar-refractivity contribution in [3.8, 4) is 5.75 Å². The van der Waals surface area contributed by atoms with Gasteiger partial charge in [0.2, 0.25) is 0 Å². The van der Waals surface area contributed by atoms with Crippen molar-refractivity contribution < 1.29 is 30.9 Å². The minimum absolute atomic E-state index is 0. The van der Waals surface area contributed by atoms with Crippen LogP contribution in [-0.2, 0) is 26.2 Å². The van der Waals surface area contributed by atoms with E-state index in [2.05, 4.69) is 6.07 Å². The van der Waals surface area contributed by atoms with Gasteiger partial charge in [0.25, 0.3) is 0 Å². The monoisotopic (exact) mass is 269 g/mol. The van der Waals surface area contributed by atoms with E-state index in [0.29, 0.717) is 0 Å². The minimum atomic E-state index is 0. The van der Waals surface area contributed by atoms with Gasteiger partial charge in [-0.1, -0.05) is 0 Å². The molecule has 0 heterocycles. The van der Waals surface area contributed by atoms with Gasteiger partial charge in [-0.2, -0.15) is 18.2 Å². The molecule has 11 heavy (non-hydrogen) atoms. The van der Waals surface area contributed by atoms with Crippen molar-refractivity contribution in [2.24, 2.45) is 0 Å². The van der Waals surface area contributed by atoms with E-state index in [9.17, 15) is 0 Å². The first-order valence-electron chi connectivity index (χ1n) is 2.43. The van der Waals surface area contributed by atoms with Crippen LogP contribution in [0.2, 0.25) is 0 Å². The molecule has 0 bridgehead atoms. The van der Waals surface area contributed by atoms with E-state index < -0.39 is 0 Å². The molecule has 0 radical (unpaired) electrons. The van der Waals surface area contributed by atoms with Crippen LogP contribution in [0.3, 0.4) is 0 Å². The molecular formula is C7H9Cl2OZr-. The molecule has 1 aromatic rings.